The number of hydrogen-bond donors (Lipinski definition) is 4. The highest BCUT2D eigenvalue weighted by Gasteiger charge is 2.34. The minimum absolute atomic E-state index is 0.0309. The second kappa shape index (κ2) is 10.6. The number of nitrogens with zero attached hydrogens (tertiary/aromatic N) is 2. The van der Waals surface area contributed by atoms with E-state index in [1.54, 1.807) is 13.0 Å². The highest BCUT2D eigenvalue weighted by molar-refractivity contribution is 6.09. The van der Waals surface area contributed by atoms with Gasteiger partial charge in [0.15, 0.2) is 0 Å². The van der Waals surface area contributed by atoms with Crippen LogP contribution in [0.25, 0.3) is 22.3 Å². The number of aliphatic hydroxyl groups is 1. The fourth-order valence-corrected chi connectivity index (χ4v) is 4.88. The third-order valence-corrected chi connectivity index (χ3v) is 7.18. The third-order valence-electron chi connectivity index (χ3n) is 7.18. The van der Waals surface area contributed by atoms with E-state index in [-0.39, 0.29) is 6.42 Å². The number of aliphatic hydroxyl groups excluding tert-OH is 1. The molecule has 2 amide bonds. The standard InChI is InChI=1S/C27H31F2N5O4/c1-13-22(27(37)33-17-6-7-20(19(29)10-17)34-26(36)14(2)35)24-25(32-13)23(30-12-31-24)18-9-16(28)5-8-21(18)38-11-15-3-4-15/h5,8-9,12,14-15,17,19-20,32,35H,3-4,6-7,10-11H2,1-2H3,(H,33,37)(H,34,36)/t14-,17?,19?,20?/m0/s1. The number of carbonyl (C=O) groups excluding carboxylic acids is 2. The van der Waals surface area contributed by atoms with Crippen molar-refractivity contribution >= 4 is 22.8 Å². The molecule has 2 saturated carbocycles. The molecular weight excluding hydrogens is 496 g/mol. The summed E-state index contributed by atoms with van der Waals surface area (Å²) >= 11 is 0. The third kappa shape index (κ3) is 5.47. The van der Waals surface area contributed by atoms with Crippen LogP contribution in [0.4, 0.5) is 8.78 Å². The van der Waals surface area contributed by atoms with E-state index in [0.717, 1.165) is 12.8 Å². The number of H-pyrrole nitrogens is 1. The van der Waals surface area contributed by atoms with Crippen LogP contribution >= 0.6 is 0 Å². The number of amides is 2. The number of halogens is 2. The monoisotopic (exact) mass is 527 g/mol. The lowest BCUT2D eigenvalue weighted by molar-refractivity contribution is -0.130. The molecule has 9 nitrogen and oxygen atoms in total. The normalized spacial score (nSPS) is 22.2. The van der Waals surface area contributed by atoms with E-state index < -0.39 is 42.0 Å². The number of benzene rings is 1. The molecule has 2 aliphatic rings. The van der Waals surface area contributed by atoms with Crippen molar-refractivity contribution in [2.24, 2.45) is 5.92 Å². The summed E-state index contributed by atoms with van der Waals surface area (Å²) in [5.74, 6) is -0.455. The number of rotatable bonds is 8. The quantitative estimate of drug-likeness (QED) is 0.356. The van der Waals surface area contributed by atoms with Gasteiger partial charge in [0.05, 0.1) is 23.7 Å². The highest BCUT2D eigenvalue weighted by Crippen LogP contribution is 2.37. The lowest BCUT2D eigenvalue weighted by Crippen LogP contribution is -2.51. The van der Waals surface area contributed by atoms with E-state index in [4.69, 9.17) is 4.74 Å². The van der Waals surface area contributed by atoms with Gasteiger partial charge in [0.1, 0.15) is 41.4 Å². The fraction of sp³-hybridized carbons (Fsp3) is 0.481. The highest BCUT2D eigenvalue weighted by atomic mass is 19.1. The number of aromatic nitrogens is 3. The SMILES string of the molecule is Cc1[nH]c2c(-c3cc(F)ccc3OCC3CC3)ncnc2c1C(=O)NC1CCC(NC(=O)[C@H](C)O)C(F)C1. The number of aryl methyl sites for hydroxylation is 1. The molecule has 0 radical (unpaired) electrons. The number of carbonyl (C=O) groups is 2. The van der Waals surface area contributed by atoms with Gasteiger partial charge in [-0.3, -0.25) is 9.59 Å². The Morgan fingerprint density at radius 2 is 2.00 bits per heavy atom. The molecule has 2 fully saturated rings. The van der Waals surface area contributed by atoms with Crippen LogP contribution in [-0.2, 0) is 4.79 Å². The minimum Gasteiger partial charge on any atom is -0.493 e. The van der Waals surface area contributed by atoms with E-state index >= 15 is 0 Å². The topological polar surface area (TPSA) is 129 Å². The summed E-state index contributed by atoms with van der Waals surface area (Å²) in [6.45, 7) is 3.60. The Kier molecular flexibility index (Phi) is 7.29. The summed E-state index contributed by atoms with van der Waals surface area (Å²) in [5, 5.41) is 14.8. The van der Waals surface area contributed by atoms with Gasteiger partial charge in [-0.15, -0.1) is 0 Å². The number of ether oxygens (including phenoxy) is 1. The van der Waals surface area contributed by atoms with Crippen molar-refractivity contribution in [3.05, 3.63) is 41.6 Å². The first-order chi connectivity index (χ1) is 18.2. The van der Waals surface area contributed by atoms with E-state index in [2.05, 4.69) is 25.6 Å². The van der Waals surface area contributed by atoms with Gasteiger partial charge >= 0.3 is 0 Å². The Balaban J connectivity index is 1.36. The lowest BCUT2D eigenvalue weighted by Gasteiger charge is -2.32. The van der Waals surface area contributed by atoms with Gasteiger partial charge in [-0.1, -0.05) is 0 Å². The molecular formula is C27H31F2N5O4. The molecule has 2 heterocycles. The fourth-order valence-electron chi connectivity index (χ4n) is 4.88. The first-order valence-electron chi connectivity index (χ1n) is 12.9. The molecule has 4 N–H and O–H groups in total. The Bertz CT molecular complexity index is 1360. The van der Waals surface area contributed by atoms with E-state index in [0.29, 0.717) is 64.7 Å². The Morgan fingerprint density at radius 1 is 1.21 bits per heavy atom. The molecule has 11 heteroatoms. The Labute approximate surface area is 218 Å². The lowest BCUT2D eigenvalue weighted by atomic mass is 9.89. The molecule has 202 valence electrons. The summed E-state index contributed by atoms with van der Waals surface area (Å²) in [6, 6.07) is 3.13. The van der Waals surface area contributed by atoms with Crippen molar-refractivity contribution in [3.63, 3.8) is 0 Å². The molecule has 0 spiro atoms. The van der Waals surface area contributed by atoms with Crippen LogP contribution < -0.4 is 15.4 Å². The van der Waals surface area contributed by atoms with Gasteiger partial charge in [-0.25, -0.2) is 18.7 Å². The van der Waals surface area contributed by atoms with Crippen molar-refractivity contribution < 1.29 is 28.2 Å². The predicted octanol–water partition coefficient (Wildman–Crippen LogP) is 3.35. The smallest absolute Gasteiger partial charge is 0.255 e. The van der Waals surface area contributed by atoms with E-state index in [1.807, 2.05) is 0 Å². The number of aromatic amines is 1. The molecule has 2 aliphatic carbocycles. The zero-order chi connectivity index (χ0) is 27.0. The van der Waals surface area contributed by atoms with Crippen LogP contribution in [0.15, 0.2) is 24.5 Å². The average Bonchev–Trinajstić information content (AvgIpc) is 3.64. The molecule has 38 heavy (non-hydrogen) atoms. The van der Waals surface area contributed by atoms with Crippen LogP contribution in [0.2, 0.25) is 0 Å². The van der Waals surface area contributed by atoms with Gasteiger partial charge < -0.3 is 25.5 Å². The Hall–Kier alpha value is -3.60. The van der Waals surface area contributed by atoms with Crippen molar-refractivity contribution in [3.8, 4) is 17.0 Å². The van der Waals surface area contributed by atoms with Crippen LogP contribution in [-0.4, -0.2) is 62.8 Å². The molecule has 0 bridgehead atoms. The summed E-state index contributed by atoms with van der Waals surface area (Å²) in [5.41, 5.74) is 2.58. The zero-order valence-electron chi connectivity index (χ0n) is 21.3. The summed E-state index contributed by atoms with van der Waals surface area (Å²) in [7, 11) is 0. The minimum atomic E-state index is -1.36. The molecule has 1 aromatic carbocycles. The number of fused-ring (bicyclic) bond motifs is 1. The number of alkyl halides is 1. The van der Waals surface area contributed by atoms with Gasteiger partial charge in [0, 0.05) is 23.7 Å². The van der Waals surface area contributed by atoms with Gasteiger partial charge in [0.25, 0.3) is 5.91 Å². The van der Waals surface area contributed by atoms with Crippen LogP contribution in [0, 0.1) is 18.7 Å². The van der Waals surface area contributed by atoms with Gasteiger partial charge in [0.2, 0.25) is 5.91 Å². The van der Waals surface area contributed by atoms with Crippen LogP contribution in [0.1, 0.15) is 55.1 Å². The van der Waals surface area contributed by atoms with Gasteiger partial charge in [-0.05, 0) is 63.6 Å². The zero-order valence-corrected chi connectivity index (χ0v) is 21.3. The molecule has 3 aromatic rings. The molecule has 0 aliphatic heterocycles. The second-order valence-corrected chi connectivity index (χ2v) is 10.3. The molecule has 5 rings (SSSR count). The first-order valence-corrected chi connectivity index (χ1v) is 12.9. The molecule has 3 unspecified atom stereocenters. The van der Waals surface area contributed by atoms with Gasteiger partial charge in [-0.2, -0.15) is 0 Å². The largest absolute Gasteiger partial charge is 0.493 e. The summed E-state index contributed by atoms with van der Waals surface area (Å²) in [6.07, 6.45) is 1.79. The maximum absolute atomic E-state index is 14.8. The van der Waals surface area contributed by atoms with E-state index in [9.17, 15) is 23.5 Å². The number of nitrogens with one attached hydrogen (secondary N) is 3. The second-order valence-electron chi connectivity index (χ2n) is 10.3. The van der Waals surface area contributed by atoms with Crippen molar-refractivity contribution in [2.75, 3.05) is 6.61 Å². The first kappa shape index (κ1) is 26.0. The summed E-state index contributed by atoms with van der Waals surface area (Å²) < 4.78 is 35.0. The summed E-state index contributed by atoms with van der Waals surface area (Å²) in [4.78, 5) is 36.9. The van der Waals surface area contributed by atoms with Crippen molar-refractivity contribution in [1.29, 1.82) is 0 Å². The van der Waals surface area contributed by atoms with Crippen LogP contribution in [0.3, 0.4) is 0 Å². The molecule has 2 aromatic heterocycles. The average molecular weight is 528 g/mol. The number of hydrogen-bond acceptors (Lipinski definition) is 6. The van der Waals surface area contributed by atoms with Crippen molar-refractivity contribution in [2.45, 2.75) is 70.3 Å². The maximum atomic E-state index is 14.8. The van der Waals surface area contributed by atoms with E-state index in [1.165, 1.54) is 25.4 Å². The molecule has 4 atom stereocenters. The maximum Gasteiger partial charge on any atom is 0.255 e. The molecule has 0 saturated heterocycles. The van der Waals surface area contributed by atoms with Crippen LogP contribution in [0.5, 0.6) is 5.75 Å². The predicted molar refractivity (Wildman–Crippen MR) is 136 cm³/mol. The van der Waals surface area contributed by atoms with Crippen molar-refractivity contribution in [1.82, 2.24) is 25.6 Å². The Morgan fingerprint density at radius 3 is 2.71 bits per heavy atom.